The number of halogens is 3. The molecule has 0 radical (unpaired) electrons. The average molecular weight is 556 g/mol. The van der Waals surface area contributed by atoms with Crippen LogP contribution in [0.3, 0.4) is 0 Å². The number of hydrogen-bond acceptors (Lipinski definition) is 3. The van der Waals surface area contributed by atoms with Gasteiger partial charge < -0.3 is 5.32 Å². The van der Waals surface area contributed by atoms with Crippen LogP contribution in [0.5, 0.6) is 0 Å². The first kappa shape index (κ1) is 24.7. The molecule has 0 heterocycles. The molecule has 0 spiro atoms. The Morgan fingerprint density at radius 1 is 1.00 bits per heavy atom. The summed E-state index contributed by atoms with van der Waals surface area (Å²) in [5, 5.41) is 3.69. The van der Waals surface area contributed by atoms with Crippen LogP contribution >= 0.6 is 39.1 Å². The van der Waals surface area contributed by atoms with E-state index in [9.17, 15) is 13.2 Å². The molecule has 3 rings (SSSR count). The lowest BCUT2D eigenvalue weighted by atomic mass is 10.1. The van der Waals surface area contributed by atoms with E-state index in [0.29, 0.717) is 21.3 Å². The molecule has 168 valence electrons. The van der Waals surface area contributed by atoms with Crippen LogP contribution in [0, 0.1) is 13.8 Å². The zero-order valence-corrected chi connectivity index (χ0v) is 21.3. The van der Waals surface area contributed by atoms with Crippen molar-refractivity contribution in [2.24, 2.45) is 0 Å². The van der Waals surface area contributed by atoms with E-state index in [1.807, 2.05) is 26.0 Å². The summed E-state index contributed by atoms with van der Waals surface area (Å²) in [6.07, 6.45) is 0. The molecule has 0 fully saturated rings. The molecule has 32 heavy (non-hydrogen) atoms. The molecular formula is C23H21BrCl2N2O3S. The third-order valence-corrected chi connectivity index (χ3v) is 7.72. The predicted molar refractivity (Wildman–Crippen MR) is 133 cm³/mol. The third kappa shape index (κ3) is 5.91. The summed E-state index contributed by atoms with van der Waals surface area (Å²) < 4.78 is 28.8. The Morgan fingerprint density at radius 2 is 1.59 bits per heavy atom. The van der Waals surface area contributed by atoms with Gasteiger partial charge in [-0.25, -0.2) is 8.42 Å². The van der Waals surface area contributed by atoms with Crippen LogP contribution in [-0.4, -0.2) is 25.2 Å². The lowest BCUT2D eigenvalue weighted by Gasteiger charge is -2.23. The Kier molecular flexibility index (Phi) is 8.01. The standard InChI is InChI=1S/C23H21BrCl2N2O3S/c1-15-11-18(24)12-16(2)23(15)27-22(29)14-28(13-17-5-3-4-6-21(17)26)32(30,31)20-9-7-19(25)8-10-20/h3-12H,13-14H2,1-2H3,(H,27,29). The van der Waals surface area contributed by atoms with Crippen LogP contribution in [0.4, 0.5) is 5.69 Å². The summed E-state index contributed by atoms with van der Waals surface area (Å²) in [7, 11) is -4.00. The van der Waals surface area contributed by atoms with Gasteiger partial charge >= 0.3 is 0 Å². The fraction of sp³-hybridized carbons (Fsp3) is 0.174. The molecule has 1 N–H and O–H groups in total. The second-order valence-corrected chi connectivity index (χ2v) is 11.0. The minimum absolute atomic E-state index is 0.0396. The first-order chi connectivity index (χ1) is 15.1. The molecule has 0 saturated carbocycles. The fourth-order valence-corrected chi connectivity index (χ4v) is 5.63. The zero-order valence-electron chi connectivity index (χ0n) is 17.4. The SMILES string of the molecule is Cc1cc(Br)cc(C)c1NC(=O)CN(Cc1ccccc1Cl)S(=O)(=O)c1ccc(Cl)cc1. The highest BCUT2D eigenvalue weighted by Crippen LogP contribution is 2.26. The van der Waals surface area contributed by atoms with Crippen LogP contribution in [-0.2, 0) is 21.4 Å². The number of sulfonamides is 1. The number of benzene rings is 3. The minimum Gasteiger partial charge on any atom is -0.324 e. The maximum atomic E-state index is 13.4. The van der Waals surface area contributed by atoms with Crippen molar-refractivity contribution < 1.29 is 13.2 Å². The molecule has 0 aliphatic rings. The minimum atomic E-state index is -4.00. The van der Waals surface area contributed by atoms with E-state index in [0.717, 1.165) is 19.9 Å². The van der Waals surface area contributed by atoms with Crippen molar-refractivity contribution in [3.05, 3.63) is 91.9 Å². The summed E-state index contributed by atoms with van der Waals surface area (Å²) in [5.41, 5.74) is 2.97. The van der Waals surface area contributed by atoms with Crippen LogP contribution in [0.1, 0.15) is 16.7 Å². The molecule has 3 aromatic carbocycles. The number of carbonyl (C=O) groups excluding carboxylic acids is 1. The van der Waals surface area contributed by atoms with Crippen LogP contribution in [0.25, 0.3) is 0 Å². The van der Waals surface area contributed by atoms with Crippen molar-refractivity contribution >= 4 is 60.7 Å². The number of nitrogens with zero attached hydrogens (tertiary/aromatic N) is 1. The van der Waals surface area contributed by atoms with Crippen LogP contribution in [0.15, 0.2) is 70.0 Å². The van der Waals surface area contributed by atoms with E-state index >= 15 is 0 Å². The third-order valence-electron chi connectivity index (χ3n) is 4.84. The van der Waals surface area contributed by atoms with Gasteiger partial charge in [0.25, 0.3) is 0 Å². The Morgan fingerprint density at radius 3 is 2.19 bits per heavy atom. The van der Waals surface area contributed by atoms with Gasteiger partial charge in [-0.05, 0) is 73.0 Å². The van der Waals surface area contributed by atoms with Gasteiger partial charge in [0.15, 0.2) is 0 Å². The first-order valence-corrected chi connectivity index (χ1v) is 12.6. The Bertz CT molecular complexity index is 1230. The molecule has 1 amide bonds. The van der Waals surface area contributed by atoms with E-state index in [1.165, 1.54) is 24.3 Å². The van der Waals surface area contributed by atoms with Crippen LogP contribution in [0.2, 0.25) is 10.0 Å². The largest absolute Gasteiger partial charge is 0.324 e. The summed E-state index contributed by atoms with van der Waals surface area (Å²) in [4.78, 5) is 13.0. The number of rotatable bonds is 7. The first-order valence-electron chi connectivity index (χ1n) is 9.63. The molecule has 0 bridgehead atoms. The van der Waals surface area contributed by atoms with Crippen molar-refractivity contribution in [2.75, 3.05) is 11.9 Å². The molecule has 5 nitrogen and oxygen atoms in total. The topological polar surface area (TPSA) is 66.5 Å². The number of anilines is 1. The van der Waals surface area contributed by atoms with Gasteiger partial charge in [-0.15, -0.1) is 0 Å². The van der Waals surface area contributed by atoms with Crippen molar-refractivity contribution in [1.82, 2.24) is 4.31 Å². The van der Waals surface area contributed by atoms with Gasteiger partial charge in [0.05, 0.1) is 11.4 Å². The monoisotopic (exact) mass is 554 g/mol. The Labute approximate surface area is 206 Å². The second kappa shape index (κ2) is 10.4. The van der Waals surface area contributed by atoms with Gasteiger partial charge in [0.1, 0.15) is 0 Å². The van der Waals surface area contributed by atoms with Gasteiger partial charge in [0.2, 0.25) is 15.9 Å². The Balaban J connectivity index is 1.93. The van der Waals surface area contributed by atoms with Gasteiger partial charge in [-0.1, -0.05) is 57.3 Å². The highest BCUT2D eigenvalue weighted by Gasteiger charge is 2.28. The Hall–Kier alpha value is -1.90. The summed E-state index contributed by atoms with van der Waals surface area (Å²) in [6.45, 7) is 3.31. The van der Waals surface area contributed by atoms with Crippen molar-refractivity contribution in [3.63, 3.8) is 0 Å². The second-order valence-electron chi connectivity index (χ2n) is 7.28. The lowest BCUT2D eigenvalue weighted by Crippen LogP contribution is -2.37. The number of nitrogens with one attached hydrogen (secondary N) is 1. The molecular weight excluding hydrogens is 535 g/mol. The van der Waals surface area contributed by atoms with E-state index in [1.54, 1.807) is 24.3 Å². The molecule has 0 aliphatic heterocycles. The summed E-state index contributed by atoms with van der Waals surface area (Å²) >= 11 is 15.6. The van der Waals surface area contributed by atoms with Crippen LogP contribution < -0.4 is 5.32 Å². The van der Waals surface area contributed by atoms with Gasteiger partial charge in [0, 0.05) is 26.8 Å². The lowest BCUT2D eigenvalue weighted by molar-refractivity contribution is -0.116. The van der Waals surface area contributed by atoms with E-state index in [2.05, 4.69) is 21.2 Å². The van der Waals surface area contributed by atoms with E-state index < -0.39 is 15.9 Å². The number of amides is 1. The normalized spacial score (nSPS) is 11.6. The van der Waals surface area contributed by atoms with Crippen molar-refractivity contribution in [1.29, 1.82) is 0 Å². The highest BCUT2D eigenvalue weighted by molar-refractivity contribution is 9.10. The maximum absolute atomic E-state index is 13.4. The van der Waals surface area contributed by atoms with Gasteiger partial charge in [-0.2, -0.15) is 4.31 Å². The number of hydrogen-bond donors (Lipinski definition) is 1. The summed E-state index contributed by atoms with van der Waals surface area (Å²) in [6, 6.07) is 16.5. The molecule has 0 aliphatic carbocycles. The molecule has 9 heteroatoms. The molecule has 0 saturated heterocycles. The van der Waals surface area contributed by atoms with Gasteiger partial charge in [-0.3, -0.25) is 4.79 Å². The summed E-state index contributed by atoms with van der Waals surface area (Å²) in [5.74, 6) is -0.455. The zero-order chi connectivity index (χ0) is 23.5. The average Bonchev–Trinajstić information content (AvgIpc) is 2.72. The molecule has 0 aromatic heterocycles. The predicted octanol–water partition coefficient (Wildman–Crippen LogP) is 6.20. The number of carbonyl (C=O) groups is 1. The van der Waals surface area contributed by atoms with Crippen molar-refractivity contribution in [3.8, 4) is 0 Å². The van der Waals surface area contributed by atoms with Crippen molar-refractivity contribution in [2.45, 2.75) is 25.3 Å². The fourth-order valence-electron chi connectivity index (χ4n) is 3.25. The quantitative estimate of drug-likeness (QED) is 0.377. The molecule has 0 unspecified atom stereocenters. The molecule has 3 aromatic rings. The smallest absolute Gasteiger partial charge is 0.243 e. The maximum Gasteiger partial charge on any atom is 0.243 e. The number of aryl methyl sites for hydroxylation is 2. The highest BCUT2D eigenvalue weighted by atomic mass is 79.9. The molecule has 0 atom stereocenters. The van der Waals surface area contributed by atoms with E-state index in [4.69, 9.17) is 23.2 Å². The van der Waals surface area contributed by atoms with E-state index in [-0.39, 0.29) is 18.0 Å².